The molecule has 0 saturated heterocycles. The molecule has 0 aliphatic rings. The largest absolute Gasteiger partial charge is 0.354 e. The van der Waals surface area contributed by atoms with Crippen molar-refractivity contribution in [3.05, 3.63) is 12.0 Å². The Labute approximate surface area is 81.2 Å². The van der Waals surface area contributed by atoms with Crippen molar-refractivity contribution in [2.24, 2.45) is 0 Å². The third-order valence-electron chi connectivity index (χ3n) is 1.44. The van der Waals surface area contributed by atoms with Crippen molar-refractivity contribution in [2.45, 2.75) is 18.4 Å². The Morgan fingerprint density at radius 1 is 1.62 bits per heavy atom. The summed E-state index contributed by atoms with van der Waals surface area (Å²) in [6, 6.07) is 0. The molecule has 0 saturated carbocycles. The maximum Gasteiger partial charge on any atom is 0.223 e. The molecule has 0 unspecified atom stereocenters. The summed E-state index contributed by atoms with van der Waals surface area (Å²) in [5.41, 5.74) is 0. The molecule has 0 aliphatic heterocycles. The Morgan fingerprint density at radius 2 is 2.38 bits per heavy atom. The molecule has 13 heavy (non-hydrogen) atoms. The van der Waals surface area contributed by atoms with Crippen molar-refractivity contribution in [3.8, 4) is 0 Å². The van der Waals surface area contributed by atoms with Gasteiger partial charge in [-0.1, -0.05) is 6.92 Å². The Kier molecular flexibility index (Phi) is 3.95. The van der Waals surface area contributed by atoms with Crippen LogP contribution in [0.2, 0.25) is 0 Å². The number of halogens is 1. The molecule has 0 radical (unpaired) electrons. The standard InChI is InChI=1S/C8H12FN3S/c1-3-4-10-8-11-5-6(9)7(12-8)13-2/h5H,3-4H2,1-2H3,(H,10,11,12). The Hall–Kier alpha value is -0.840. The lowest BCUT2D eigenvalue weighted by atomic mass is 10.5. The van der Waals surface area contributed by atoms with Gasteiger partial charge in [0.05, 0.1) is 6.20 Å². The molecule has 0 bridgehead atoms. The minimum Gasteiger partial charge on any atom is -0.354 e. The van der Waals surface area contributed by atoms with Crippen LogP contribution in [0.15, 0.2) is 11.2 Å². The summed E-state index contributed by atoms with van der Waals surface area (Å²) >= 11 is 1.28. The number of nitrogens with zero attached hydrogens (tertiary/aromatic N) is 2. The highest BCUT2D eigenvalue weighted by molar-refractivity contribution is 7.98. The molecule has 72 valence electrons. The average molecular weight is 201 g/mol. The van der Waals surface area contributed by atoms with E-state index in [9.17, 15) is 4.39 Å². The van der Waals surface area contributed by atoms with Crippen molar-refractivity contribution in [1.29, 1.82) is 0 Å². The summed E-state index contributed by atoms with van der Waals surface area (Å²) in [6.07, 6.45) is 3.97. The van der Waals surface area contributed by atoms with Gasteiger partial charge in [0, 0.05) is 6.54 Å². The van der Waals surface area contributed by atoms with Gasteiger partial charge < -0.3 is 5.32 Å². The predicted octanol–water partition coefficient (Wildman–Crippen LogP) is 2.16. The smallest absolute Gasteiger partial charge is 0.223 e. The van der Waals surface area contributed by atoms with E-state index in [1.54, 1.807) is 6.26 Å². The summed E-state index contributed by atoms with van der Waals surface area (Å²) in [6.45, 7) is 2.85. The molecular weight excluding hydrogens is 189 g/mol. The van der Waals surface area contributed by atoms with E-state index >= 15 is 0 Å². The van der Waals surface area contributed by atoms with Gasteiger partial charge in [0.15, 0.2) is 5.82 Å². The van der Waals surface area contributed by atoms with Crippen LogP contribution in [0.1, 0.15) is 13.3 Å². The SMILES string of the molecule is CCCNc1ncc(F)c(SC)n1. The molecular formula is C8H12FN3S. The third-order valence-corrected chi connectivity index (χ3v) is 2.11. The van der Waals surface area contributed by atoms with Gasteiger partial charge in [0.25, 0.3) is 0 Å². The van der Waals surface area contributed by atoms with Gasteiger partial charge in [-0.15, -0.1) is 11.8 Å². The number of thioether (sulfide) groups is 1. The fourth-order valence-corrected chi connectivity index (χ4v) is 1.24. The lowest BCUT2D eigenvalue weighted by Gasteiger charge is -2.03. The van der Waals surface area contributed by atoms with E-state index < -0.39 is 0 Å². The number of hydrogen-bond donors (Lipinski definition) is 1. The summed E-state index contributed by atoms with van der Waals surface area (Å²) in [4.78, 5) is 7.81. The van der Waals surface area contributed by atoms with Gasteiger partial charge in [0.2, 0.25) is 5.95 Å². The molecule has 0 fully saturated rings. The van der Waals surface area contributed by atoms with Crippen LogP contribution in [0.4, 0.5) is 10.3 Å². The molecule has 0 spiro atoms. The molecule has 0 aliphatic carbocycles. The molecule has 0 aromatic carbocycles. The van der Waals surface area contributed by atoms with Gasteiger partial charge in [-0.05, 0) is 12.7 Å². The van der Waals surface area contributed by atoms with E-state index in [2.05, 4.69) is 15.3 Å². The van der Waals surface area contributed by atoms with Crippen molar-refractivity contribution in [3.63, 3.8) is 0 Å². The Morgan fingerprint density at radius 3 is 3.00 bits per heavy atom. The normalized spacial score (nSPS) is 10.1. The molecule has 1 aromatic rings. The number of aromatic nitrogens is 2. The number of rotatable bonds is 4. The molecule has 5 heteroatoms. The van der Waals surface area contributed by atoms with Crippen LogP contribution < -0.4 is 5.32 Å². The van der Waals surface area contributed by atoms with Crippen LogP contribution >= 0.6 is 11.8 Å². The van der Waals surface area contributed by atoms with Crippen LogP contribution in [0, 0.1) is 5.82 Å². The molecule has 1 N–H and O–H groups in total. The van der Waals surface area contributed by atoms with E-state index in [4.69, 9.17) is 0 Å². The highest BCUT2D eigenvalue weighted by atomic mass is 32.2. The monoisotopic (exact) mass is 201 g/mol. The Bertz CT molecular complexity index is 280. The quantitative estimate of drug-likeness (QED) is 0.598. The van der Waals surface area contributed by atoms with Gasteiger partial charge in [-0.3, -0.25) is 0 Å². The molecule has 3 nitrogen and oxygen atoms in total. The van der Waals surface area contributed by atoms with E-state index in [-0.39, 0.29) is 5.82 Å². The fourth-order valence-electron chi connectivity index (χ4n) is 0.817. The minimum absolute atomic E-state index is 0.366. The fraction of sp³-hybridized carbons (Fsp3) is 0.500. The zero-order valence-electron chi connectivity index (χ0n) is 7.67. The second kappa shape index (κ2) is 5.01. The van der Waals surface area contributed by atoms with Crippen LogP contribution in [0.25, 0.3) is 0 Å². The molecule has 0 atom stereocenters. The zero-order chi connectivity index (χ0) is 9.68. The van der Waals surface area contributed by atoms with E-state index in [0.717, 1.165) is 13.0 Å². The van der Waals surface area contributed by atoms with Crippen molar-refractivity contribution in [2.75, 3.05) is 18.1 Å². The first-order valence-electron chi connectivity index (χ1n) is 4.08. The topological polar surface area (TPSA) is 37.8 Å². The first-order valence-corrected chi connectivity index (χ1v) is 5.30. The average Bonchev–Trinajstić information content (AvgIpc) is 2.16. The van der Waals surface area contributed by atoms with Gasteiger partial charge in [-0.25, -0.2) is 14.4 Å². The second-order valence-corrected chi connectivity index (χ2v) is 3.27. The predicted molar refractivity (Wildman–Crippen MR) is 52.6 cm³/mol. The molecule has 1 aromatic heterocycles. The highest BCUT2D eigenvalue weighted by Crippen LogP contribution is 2.16. The molecule has 1 heterocycles. The first kappa shape index (κ1) is 10.2. The van der Waals surface area contributed by atoms with Crippen LogP contribution in [-0.2, 0) is 0 Å². The van der Waals surface area contributed by atoms with Crippen molar-refractivity contribution < 1.29 is 4.39 Å². The van der Waals surface area contributed by atoms with Crippen LogP contribution in [0.5, 0.6) is 0 Å². The Balaban J connectivity index is 2.74. The molecule has 1 rings (SSSR count). The molecule has 0 amide bonds. The second-order valence-electron chi connectivity index (χ2n) is 2.48. The summed E-state index contributed by atoms with van der Waals surface area (Å²) < 4.78 is 12.9. The lowest BCUT2D eigenvalue weighted by molar-refractivity contribution is 0.580. The third kappa shape index (κ3) is 2.84. The lowest BCUT2D eigenvalue weighted by Crippen LogP contribution is -2.05. The summed E-state index contributed by atoms with van der Waals surface area (Å²) in [7, 11) is 0. The number of hydrogen-bond acceptors (Lipinski definition) is 4. The van der Waals surface area contributed by atoms with Gasteiger partial charge >= 0.3 is 0 Å². The summed E-state index contributed by atoms with van der Waals surface area (Å²) in [5.74, 6) is 0.127. The van der Waals surface area contributed by atoms with E-state index in [1.807, 2.05) is 6.92 Å². The number of nitrogens with one attached hydrogen (secondary N) is 1. The van der Waals surface area contributed by atoms with E-state index in [1.165, 1.54) is 18.0 Å². The maximum absolute atomic E-state index is 12.9. The van der Waals surface area contributed by atoms with Crippen molar-refractivity contribution >= 4 is 17.7 Å². The van der Waals surface area contributed by atoms with Gasteiger partial charge in [0.1, 0.15) is 5.03 Å². The van der Waals surface area contributed by atoms with Gasteiger partial charge in [-0.2, -0.15) is 0 Å². The van der Waals surface area contributed by atoms with Crippen LogP contribution in [0.3, 0.4) is 0 Å². The summed E-state index contributed by atoms with van der Waals surface area (Å²) in [5, 5.41) is 3.38. The first-order chi connectivity index (χ1) is 6.27. The number of anilines is 1. The van der Waals surface area contributed by atoms with Crippen molar-refractivity contribution in [1.82, 2.24) is 9.97 Å². The maximum atomic E-state index is 12.9. The zero-order valence-corrected chi connectivity index (χ0v) is 8.49. The van der Waals surface area contributed by atoms with E-state index in [0.29, 0.717) is 11.0 Å². The minimum atomic E-state index is -0.366. The highest BCUT2D eigenvalue weighted by Gasteiger charge is 2.04. The van der Waals surface area contributed by atoms with Crippen LogP contribution in [-0.4, -0.2) is 22.8 Å².